The van der Waals surface area contributed by atoms with Crippen molar-refractivity contribution in [3.8, 4) is 0 Å². The molecular weight excluding hydrogens is 292 g/mol. The molecule has 0 fully saturated rings. The van der Waals surface area contributed by atoms with Crippen LogP contribution in [0.5, 0.6) is 0 Å². The van der Waals surface area contributed by atoms with Crippen LogP contribution in [0.2, 0.25) is 0 Å². The molecule has 5 nitrogen and oxygen atoms in total. The number of hydrogen-bond acceptors (Lipinski definition) is 3. The van der Waals surface area contributed by atoms with Gasteiger partial charge in [-0.2, -0.15) is 0 Å². The largest absolute Gasteiger partial charge is 0.459 e. The number of carbonyl (C=O) groups excluding carboxylic acids is 2. The van der Waals surface area contributed by atoms with E-state index in [4.69, 9.17) is 4.42 Å². The summed E-state index contributed by atoms with van der Waals surface area (Å²) in [6.07, 6.45) is 3.35. The van der Waals surface area contributed by atoms with Crippen molar-refractivity contribution in [3.05, 3.63) is 54.0 Å². The van der Waals surface area contributed by atoms with Gasteiger partial charge in [0.2, 0.25) is 5.91 Å². The third-order valence-electron chi connectivity index (χ3n) is 3.59. The Morgan fingerprint density at radius 3 is 2.52 bits per heavy atom. The van der Waals surface area contributed by atoms with Crippen LogP contribution in [0.1, 0.15) is 42.8 Å². The smallest absolute Gasteiger partial charge is 0.291 e. The molecule has 0 aliphatic carbocycles. The number of hydrogen-bond donors (Lipinski definition) is 2. The quantitative estimate of drug-likeness (QED) is 0.820. The molecule has 2 amide bonds. The highest BCUT2D eigenvalue weighted by Gasteiger charge is 2.11. The zero-order valence-corrected chi connectivity index (χ0v) is 13.5. The van der Waals surface area contributed by atoms with Gasteiger partial charge in [0.05, 0.1) is 6.26 Å². The van der Waals surface area contributed by atoms with Gasteiger partial charge in [-0.15, -0.1) is 0 Å². The standard InChI is InChI=1S/C18H22N2O3/c1-3-5-13(2)17(21)19-12-14-7-9-15(10-8-14)20-18(22)16-6-4-11-23-16/h4,6-11,13H,3,5,12H2,1-2H3,(H,19,21)(H,20,22). The van der Waals surface area contributed by atoms with Gasteiger partial charge in [-0.05, 0) is 36.2 Å². The molecule has 1 atom stereocenters. The van der Waals surface area contributed by atoms with Gasteiger partial charge < -0.3 is 15.1 Å². The molecule has 1 unspecified atom stereocenters. The molecule has 1 aromatic heterocycles. The molecule has 0 bridgehead atoms. The number of benzene rings is 1. The molecular formula is C18H22N2O3. The second-order valence-corrected chi connectivity index (χ2v) is 5.54. The molecule has 122 valence electrons. The van der Waals surface area contributed by atoms with Crippen LogP contribution in [0.3, 0.4) is 0 Å². The molecule has 2 rings (SSSR count). The van der Waals surface area contributed by atoms with E-state index in [-0.39, 0.29) is 23.5 Å². The summed E-state index contributed by atoms with van der Waals surface area (Å²) < 4.78 is 5.04. The van der Waals surface area contributed by atoms with Gasteiger partial charge in [-0.3, -0.25) is 9.59 Å². The maximum Gasteiger partial charge on any atom is 0.291 e. The molecule has 2 N–H and O–H groups in total. The van der Waals surface area contributed by atoms with Crippen molar-refractivity contribution >= 4 is 17.5 Å². The van der Waals surface area contributed by atoms with E-state index in [9.17, 15) is 9.59 Å². The minimum Gasteiger partial charge on any atom is -0.459 e. The summed E-state index contributed by atoms with van der Waals surface area (Å²) in [7, 11) is 0. The van der Waals surface area contributed by atoms with Crippen LogP contribution in [0.15, 0.2) is 47.1 Å². The lowest BCUT2D eigenvalue weighted by Crippen LogP contribution is -2.28. The molecule has 0 spiro atoms. The second kappa shape index (κ2) is 8.17. The number of furan rings is 1. The van der Waals surface area contributed by atoms with Gasteiger partial charge in [-0.1, -0.05) is 32.4 Å². The molecule has 0 radical (unpaired) electrons. The van der Waals surface area contributed by atoms with Crippen LogP contribution in [-0.4, -0.2) is 11.8 Å². The maximum atomic E-state index is 11.9. The normalized spacial score (nSPS) is 11.7. The monoisotopic (exact) mass is 314 g/mol. The van der Waals surface area contributed by atoms with Crippen molar-refractivity contribution in [2.45, 2.75) is 33.2 Å². The number of anilines is 1. The Morgan fingerprint density at radius 1 is 1.17 bits per heavy atom. The lowest BCUT2D eigenvalue weighted by molar-refractivity contribution is -0.124. The first kappa shape index (κ1) is 16.8. The van der Waals surface area contributed by atoms with Gasteiger partial charge in [0.25, 0.3) is 5.91 Å². The summed E-state index contributed by atoms with van der Waals surface area (Å²) in [5.41, 5.74) is 1.67. The van der Waals surface area contributed by atoms with E-state index in [1.54, 1.807) is 24.3 Å². The van der Waals surface area contributed by atoms with E-state index in [0.717, 1.165) is 18.4 Å². The molecule has 0 aliphatic heterocycles. The van der Waals surface area contributed by atoms with Crippen molar-refractivity contribution in [2.24, 2.45) is 5.92 Å². The summed E-state index contributed by atoms with van der Waals surface area (Å²) in [4.78, 5) is 23.7. The molecule has 0 aliphatic rings. The summed E-state index contributed by atoms with van der Waals surface area (Å²) in [5.74, 6) is 0.0876. The Hall–Kier alpha value is -2.56. The third-order valence-corrected chi connectivity index (χ3v) is 3.59. The van der Waals surface area contributed by atoms with E-state index < -0.39 is 0 Å². The highest BCUT2D eigenvalue weighted by Crippen LogP contribution is 2.12. The lowest BCUT2D eigenvalue weighted by Gasteiger charge is -2.11. The number of nitrogens with one attached hydrogen (secondary N) is 2. The first-order valence-corrected chi connectivity index (χ1v) is 7.81. The van der Waals surface area contributed by atoms with E-state index in [0.29, 0.717) is 12.2 Å². The average molecular weight is 314 g/mol. The fraction of sp³-hybridized carbons (Fsp3) is 0.333. The van der Waals surface area contributed by atoms with E-state index >= 15 is 0 Å². The van der Waals surface area contributed by atoms with Gasteiger partial charge in [0.15, 0.2) is 5.76 Å². The van der Waals surface area contributed by atoms with Gasteiger partial charge >= 0.3 is 0 Å². The molecule has 1 aromatic carbocycles. The van der Waals surface area contributed by atoms with Crippen LogP contribution in [0, 0.1) is 5.92 Å². The van der Waals surface area contributed by atoms with E-state index in [1.165, 1.54) is 6.26 Å². The Labute approximate surface area is 136 Å². The predicted molar refractivity (Wildman–Crippen MR) is 89.0 cm³/mol. The molecule has 5 heteroatoms. The van der Waals surface area contributed by atoms with Gasteiger partial charge in [0.1, 0.15) is 0 Å². The van der Waals surface area contributed by atoms with Crippen molar-refractivity contribution in [1.29, 1.82) is 0 Å². The molecule has 23 heavy (non-hydrogen) atoms. The van der Waals surface area contributed by atoms with Gasteiger partial charge in [-0.25, -0.2) is 0 Å². The van der Waals surface area contributed by atoms with Crippen LogP contribution >= 0.6 is 0 Å². The Morgan fingerprint density at radius 2 is 1.91 bits per heavy atom. The van der Waals surface area contributed by atoms with E-state index in [1.807, 2.05) is 19.1 Å². The van der Waals surface area contributed by atoms with Crippen LogP contribution < -0.4 is 10.6 Å². The van der Waals surface area contributed by atoms with Crippen LogP contribution in [-0.2, 0) is 11.3 Å². The second-order valence-electron chi connectivity index (χ2n) is 5.54. The third kappa shape index (κ3) is 4.98. The van der Waals surface area contributed by atoms with Crippen LogP contribution in [0.25, 0.3) is 0 Å². The molecule has 1 heterocycles. The highest BCUT2D eigenvalue weighted by molar-refractivity contribution is 6.02. The SMILES string of the molecule is CCCC(C)C(=O)NCc1ccc(NC(=O)c2ccco2)cc1. The highest BCUT2D eigenvalue weighted by atomic mass is 16.3. The lowest BCUT2D eigenvalue weighted by atomic mass is 10.1. The predicted octanol–water partition coefficient (Wildman–Crippen LogP) is 3.58. The fourth-order valence-corrected chi connectivity index (χ4v) is 2.23. The van der Waals surface area contributed by atoms with Crippen molar-refractivity contribution in [3.63, 3.8) is 0 Å². The minimum atomic E-state index is -0.288. The van der Waals surface area contributed by atoms with Crippen LogP contribution in [0.4, 0.5) is 5.69 Å². The number of carbonyl (C=O) groups is 2. The Balaban J connectivity index is 1.85. The summed E-state index contributed by atoms with van der Waals surface area (Å²) in [6.45, 7) is 4.49. The zero-order chi connectivity index (χ0) is 16.7. The first-order chi connectivity index (χ1) is 11.1. The number of amides is 2. The number of rotatable bonds is 7. The molecule has 0 saturated carbocycles. The molecule has 2 aromatic rings. The van der Waals surface area contributed by atoms with Gasteiger partial charge in [0, 0.05) is 18.2 Å². The summed E-state index contributed by atoms with van der Waals surface area (Å²) in [6, 6.07) is 10.6. The van der Waals surface area contributed by atoms with Crippen molar-refractivity contribution in [2.75, 3.05) is 5.32 Å². The average Bonchev–Trinajstić information content (AvgIpc) is 3.08. The summed E-state index contributed by atoms with van der Waals surface area (Å²) in [5, 5.41) is 5.68. The minimum absolute atomic E-state index is 0.0341. The Kier molecular flexibility index (Phi) is 5.97. The first-order valence-electron chi connectivity index (χ1n) is 7.81. The fourth-order valence-electron chi connectivity index (χ4n) is 2.23. The summed E-state index contributed by atoms with van der Waals surface area (Å²) >= 11 is 0. The van der Waals surface area contributed by atoms with Crippen molar-refractivity contribution in [1.82, 2.24) is 5.32 Å². The molecule has 0 saturated heterocycles. The van der Waals surface area contributed by atoms with Crippen molar-refractivity contribution < 1.29 is 14.0 Å². The topological polar surface area (TPSA) is 71.3 Å². The Bertz CT molecular complexity index is 633. The zero-order valence-electron chi connectivity index (χ0n) is 13.5. The van der Waals surface area contributed by atoms with E-state index in [2.05, 4.69) is 17.6 Å². The maximum absolute atomic E-state index is 11.9.